The smallest absolute Gasteiger partial charge is 0.222 e. The Morgan fingerprint density at radius 2 is 1.92 bits per heavy atom. The maximum absolute atomic E-state index is 11.6. The molecule has 1 amide bonds. The van der Waals surface area contributed by atoms with Gasteiger partial charge in [0, 0.05) is 36.4 Å². The topological polar surface area (TPSA) is 85.0 Å². The van der Waals surface area contributed by atoms with Gasteiger partial charge in [-0.1, -0.05) is 12.1 Å². The molecule has 1 atom stereocenters. The summed E-state index contributed by atoms with van der Waals surface area (Å²) < 4.78 is 0. The van der Waals surface area contributed by atoms with E-state index in [1.54, 1.807) is 12.4 Å². The SMILES string of the molecule is NC(=O)[C@H]1CCCN(c2nc(-c3ccncc3)nc3ccccc23)C1. The van der Waals surface area contributed by atoms with Crippen molar-refractivity contribution in [2.45, 2.75) is 12.8 Å². The Balaban J connectivity index is 1.83. The molecule has 126 valence electrons. The number of benzene rings is 1. The van der Waals surface area contributed by atoms with Gasteiger partial charge in [-0.15, -0.1) is 0 Å². The lowest BCUT2D eigenvalue weighted by atomic mass is 9.97. The van der Waals surface area contributed by atoms with Gasteiger partial charge in [0.15, 0.2) is 5.82 Å². The molecule has 6 heteroatoms. The minimum Gasteiger partial charge on any atom is -0.369 e. The van der Waals surface area contributed by atoms with Crippen LogP contribution in [0.4, 0.5) is 5.82 Å². The van der Waals surface area contributed by atoms with Crippen LogP contribution < -0.4 is 10.6 Å². The van der Waals surface area contributed by atoms with Crippen molar-refractivity contribution in [3.05, 3.63) is 48.8 Å². The fraction of sp³-hybridized carbons (Fsp3) is 0.263. The molecule has 1 saturated heterocycles. The van der Waals surface area contributed by atoms with Crippen molar-refractivity contribution < 1.29 is 4.79 Å². The van der Waals surface area contributed by atoms with E-state index in [0.29, 0.717) is 12.4 Å². The minimum absolute atomic E-state index is 0.133. The van der Waals surface area contributed by atoms with Gasteiger partial charge in [-0.05, 0) is 37.1 Å². The summed E-state index contributed by atoms with van der Waals surface area (Å²) in [5.41, 5.74) is 7.35. The van der Waals surface area contributed by atoms with Crippen molar-refractivity contribution in [2.75, 3.05) is 18.0 Å². The first kappa shape index (κ1) is 15.5. The molecule has 2 aromatic heterocycles. The molecule has 1 aromatic carbocycles. The van der Waals surface area contributed by atoms with Gasteiger partial charge in [-0.3, -0.25) is 9.78 Å². The second-order valence-electron chi connectivity index (χ2n) is 6.31. The molecule has 6 nitrogen and oxygen atoms in total. The van der Waals surface area contributed by atoms with Gasteiger partial charge in [0.05, 0.1) is 11.4 Å². The van der Waals surface area contributed by atoms with Gasteiger partial charge >= 0.3 is 0 Å². The quantitative estimate of drug-likeness (QED) is 0.795. The minimum atomic E-state index is -0.239. The fourth-order valence-electron chi connectivity index (χ4n) is 3.33. The second kappa shape index (κ2) is 6.47. The summed E-state index contributed by atoms with van der Waals surface area (Å²) in [5.74, 6) is 1.16. The maximum atomic E-state index is 11.6. The molecular weight excluding hydrogens is 314 g/mol. The molecule has 0 saturated carbocycles. The summed E-state index contributed by atoms with van der Waals surface area (Å²) in [5, 5.41) is 0.991. The lowest BCUT2D eigenvalue weighted by Gasteiger charge is -2.32. The molecular formula is C19H19N5O. The van der Waals surface area contributed by atoms with Crippen molar-refractivity contribution >= 4 is 22.6 Å². The number of para-hydroxylation sites is 1. The molecule has 25 heavy (non-hydrogen) atoms. The van der Waals surface area contributed by atoms with Crippen LogP contribution in [0.2, 0.25) is 0 Å². The number of nitrogens with two attached hydrogens (primary N) is 1. The largest absolute Gasteiger partial charge is 0.369 e. The maximum Gasteiger partial charge on any atom is 0.222 e. The Kier molecular flexibility index (Phi) is 4.01. The Labute approximate surface area is 145 Å². The summed E-state index contributed by atoms with van der Waals surface area (Å²) in [6.07, 6.45) is 5.23. The van der Waals surface area contributed by atoms with E-state index >= 15 is 0 Å². The first-order valence-corrected chi connectivity index (χ1v) is 8.44. The third-order valence-corrected chi connectivity index (χ3v) is 4.64. The first-order valence-electron chi connectivity index (χ1n) is 8.44. The number of piperidine rings is 1. The summed E-state index contributed by atoms with van der Waals surface area (Å²) in [6, 6.07) is 11.8. The van der Waals surface area contributed by atoms with Crippen molar-refractivity contribution in [1.82, 2.24) is 15.0 Å². The standard InChI is InChI=1S/C19H19N5O/c20-17(25)14-4-3-11-24(12-14)19-15-5-1-2-6-16(15)22-18(23-19)13-7-9-21-10-8-13/h1-2,5-10,14H,3-4,11-12H2,(H2,20,25)/t14-/m0/s1. The molecule has 3 heterocycles. The molecule has 0 spiro atoms. The Morgan fingerprint density at radius 3 is 2.72 bits per heavy atom. The molecule has 0 aliphatic carbocycles. The molecule has 1 aliphatic heterocycles. The highest BCUT2D eigenvalue weighted by molar-refractivity contribution is 5.91. The van der Waals surface area contributed by atoms with E-state index < -0.39 is 0 Å². The van der Waals surface area contributed by atoms with E-state index in [2.05, 4.69) is 9.88 Å². The number of pyridine rings is 1. The van der Waals surface area contributed by atoms with Gasteiger partial charge in [-0.25, -0.2) is 9.97 Å². The molecule has 2 N–H and O–H groups in total. The number of fused-ring (bicyclic) bond motifs is 1. The Bertz CT molecular complexity index is 912. The van der Waals surface area contributed by atoms with Crippen LogP contribution in [0.25, 0.3) is 22.3 Å². The number of hydrogen-bond donors (Lipinski definition) is 1. The summed E-state index contributed by atoms with van der Waals surface area (Å²) in [4.78, 5) is 27.4. The number of carbonyl (C=O) groups is 1. The number of nitrogens with zero attached hydrogens (tertiary/aromatic N) is 4. The van der Waals surface area contributed by atoms with Crippen LogP contribution in [-0.4, -0.2) is 33.9 Å². The Morgan fingerprint density at radius 1 is 1.12 bits per heavy atom. The van der Waals surface area contributed by atoms with E-state index in [0.717, 1.165) is 41.7 Å². The van der Waals surface area contributed by atoms with Gasteiger partial charge in [0.1, 0.15) is 5.82 Å². The third-order valence-electron chi connectivity index (χ3n) is 4.64. The van der Waals surface area contributed by atoms with E-state index in [1.165, 1.54) is 0 Å². The van der Waals surface area contributed by atoms with Crippen molar-refractivity contribution in [3.63, 3.8) is 0 Å². The number of rotatable bonds is 3. The first-order chi connectivity index (χ1) is 12.2. The summed E-state index contributed by atoms with van der Waals surface area (Å²) >= 11 is 0. The number of amides is 1. The van der Waals surface area contributed by atoms with Gasteiger partial charge < -0.3 is 10.6 Å². The van der Waals surface area contributed by atoms with Crippen molar-refractivity contribution in [3.8, 4) is 11.4 Å². The molecule has 4 rings (SSSR count). The van der Waals surface area contributed by atoms with Crippen LogP contribution in [0, 0.1) is 5.92 Å². The molecule has 1 aliphatic rings. The highest BCUT2D eigenvalue weighted by Gasteiger charge is 2.26. The highest BCUT2D eigenvalue weighted by atomic mass is 16.1. The van der Waals surface area contributed by atoms with Crippen LogP contribution in [0.15, 0.2) is 48.8 Å². The predicted octanol–water partition coefficient (Wildman–Crippen LogP) is 2.39. The number of primary amides is 1. The monoisotopic (exact) mass is 333 g/mol. The van der Waals surface area contributed by atoms with Crippen LogP contribution in [-0.2, 0) is 4.79 Å². The number of carbonyl (C=O) groups excluding carboxylic acids is 1. The molecule has 1 fully saturated rings. The predicted molar refractivity (Wildman–Crippen MR) is 96.9 cm³/mol. The zero-order valence-electron chi connectivity index (χ0n) is 13.8. The van der Waals surface area contributed by atoms with Crippen molar-refractivity contribution in [1.29, 1.82) is 0 Å². The lowest BCUT2D eigenvalue weighted by Crippen LogP contribution is -2.41. The lowest BCUT2D eigenvalue weighted by molar-refractivity contribution is -0.122. The van der Waals surface area contributed by atoms with E-state index in [9.17, 15) is 4.79 Å². The van der Waals surface area contributed by atoms with Gasteiger partial charge in [0.25, 0.3) is 0 Å². The third kappa shape index (κ3) is 3.03. The van der Waals surface area contributed by atoms with Crippen LogP contribution in [0.1, 0.15) is 12.8 Å². The summed E-state index contributed by atoms with van der Waals surface area (Å²) in [6.45, 7) is 1.46. The number of aromatic nitrogens is 3. The van der Waals surface area contributed by atoms with Crippen LogP contribution in [0.5, 0.6) is 0 Å². The highest BCUT2D eigenvalue weighted by Crippen LogP contribution is 2.30. The zero-order chi connectivity index (χ0) is 17.2. The summed E-state index contributed by atoms with van der Waals surface area (Å²) in [7, 11) is 0. The van der Waals surface area contributed by atoms with E-state index in [1.807, 2.05) is 36.4 Å². The normalized spacial score (nSPS) is 17.6. The molecule has 3 aromatic rings. The number of hydrogen-bond acceptors (Lipinski definition) is 5. The zero-order valence-corrected chi connectivity index (χ0v) is 13.8. The van der Waals surface area contributed by atoms with Gasteiger partial charge in [0.2, 0.25) is 5.91 Å². The van der Waals surface area contributed by atoms with E-state index in [4.69, 9.17) is 15.7 Å². The molecule has 0 bridgehead atoms. The fourth-order valence-corrected chi connectivity index (χ4v) is 3.33. The van der Waals surface area contributed by atoms with Crippen LogP contribution >= 0.6 is 0 Å². The van der Waals surface area contributed by atoms with Crippen LogP contribution in [0.3, 0.4) is 0 Å². The second-order valence-corrected chi connectivity index (χ2v) is 6.31. The van der Waals surface area contributed by atoms with Crippen molar-refractivity contribution in [2.24, 2.45) is 11.7 Å². The number of anilines is 1. The molecule has 0 radical (unpaired) electrons. The molecule has 0 unspecified atom stereocenters. The average Bonchev–Trinajstić information content (AvgIpc) is 2.68. The van der Waals surface area contributed by atoms with Gasteiger partial charge in [-0.2, -0.15) is 0 Å². The average molecular weight is 333 g/mol. The Hall–Kier alpha value is -3.02. The van der Waals surface area contributed by atoms with E-state index in [-0.39, 0.29) is 11.8 Å².